The van der Waals surface area contributed by atoms with Crippen LogP contribution in [-0.4, -0.2) is 13.4 Å². The molecule has 0 saturated heterocycles. The summed E-state index contributed by atoms with van der Waals surface area (Å²) < 4.78 is 27.5. The lowest BCUT2D eigenvalue weighted by Gasteiger charge is -2.11. The molecule has 0 saturated carbocycles. The van der Waals surface area contributed by atoms with Crippen LogP contribution in [0.2, 0.25) is 10.0 Å². The molecule has 20 heavy (non-hydrogen) atoms. The standard InChI is InChI=1S/C12H9BrCl2N2O2S/c1-7-2-3-11(16-6-7)17-20(18,19)12-9(14)4-8(13)5-10(12)15/h2-6H,1H3,(H,16,17). The van der Waals surface area contributed by atoms with Crippen LogP contribution in [-0.2, 0) is 10.0 Å². The number of aryl methyl sites for hydroxylation is 1. The van der Waals surface area contributed by atoms with E-state index in [1.807, 2.05) is 6.92 Å². The second-order valence-corrected chi connectivity index (χ2v) is 7.37. The van der Waals surface area contributed by atoms with Crippen LogP contribution in [0.25, 0.3) is 0 Å². The number of pyridine rings is 1. The molecule has 1 aromatic carbocycles. The quantitative estimate of drug-likeness (QED) is 0.844. The number of anilines is 1. The number of aromatic nitrogens is 1. The van der Waals surface area contributed by atoms with Crippen molar-refractivity contribution >= 4 is 55.0 Å². The lowest BCUT2D eigenvalue weighted by molar-refractivity contribution is 0.601. The van der Waals surface area contributed by atoms with Gasteiger partial charge in [0.15, 0.2) is 0 Å². The van der Waals surface area contributed by atoms with Crippen LogP contribution in [0.5, 0.6) is 0 Å². The van der Waals surface area contributed by atoms with Crippen molar-refractivity contribution < 1.29 is 8.42 Å². The lowest BCUT2D eigenvalue weighted by atomic mass is 10.3. The Morgan fingerprint density at radius 3 is 2.30 bits per heavy atom. The van der Waals surface area contributed by atoms with Gasteiger partial charge >= 0.3 is 0 Å². The van der Waals surface area contributed by atoms with E-state index in [0.29, 0.717) is 4.47 Å². The van der Waals surface area contributed by atoms with Crippen LogP contribution < -0.4 is 4.72 Å². The van der Waals surface area contributed by atoms with Crippen LogP contribution >= 0.6 is 39.1 Å². The highest BCUT2D eigenvalue weighted by atomic mass is 79.9. The summed E-state index contributed by atoms with van der Waals surface area (Å²) in [5.41, 5.74) is 0.924. The summed E-state index contributed by atoms with van der Waals surface area (Å²) in [4.78, 5) is 3.81. The second-order valence-electron chi connectivity index (χ2n) is 4.02. The van der Waals surface area contributed by atoms with Crippen LogP contribution in [0, 0.1) is 6.92 Å². The fourth-order valence-corrected chi connectivity index (χ4v) is 4.45. The first-order valence-corrected chi connectivity index (χ1v) is 8.43. The molecule has 2 rings (SSSR count). The predicted octanol–water partition coefficient (Wildman–Crippen LogP) is 4.26. The smallest absolute Gasteiger partial charge is 0.263 e. The molecule has 0 amide bonds. The molecule has 106 valence electrons. The molecule has 8 heteroatoms. The zero-order valence-corrected chi connectivity index (χ0v) is 14.1. The molecule has 0 bridgehead atoms. The van der Waals surface area contributed by atoms with Gasteiger partial charge in [-0.05, 0) is 30.7 Å². The van der Waals surface area contributed by atoms with Gasteiger partial charge in [-0.25, -0.2) is 13.4 Å². The third-order valence-electron chi connectivity index (χ3n) is 2.38. The SMILES string of the molecule is Cc1ccc(NS(=O)(=O)c2c(Cl)cc(Br)cc2Cl)nc1. The van der Waals surface area contributed by atoms with E-state index in [-0.39, 0.29) is 20.8 Å². The van der Waals surface area contributed by atoms with Gasteiger partial charge in [0.1, 0.15) is 10.7 Å². The Balaban J connectivity index is 2.43. The highest BCUT2D eigenvalue weighted by Gasteiger charge is 2.22. The molecule has 0 atom stereocenters. The van der Waals surface area contributed by atoms with E-state index in [0.717, 1.165) is 5.56 Å². The van der Waals surface area contributed by atoms with E-state index >= 15 is 0 Å². The van der Waals surface area contributed by atoms with E-state index in [9.17, 15) is 8.42 Å². The van der Waals surface area contributed by atoms with Crippen molar-refractivity contribution in [2.24, 2.45) is 0 Å². The Morgan fingerprint density at radius 1 is 1.20 bits per heavy atom. The summed E-state index contributed by atoms with van der Waals surface area (Å²) >= 11 is 15.1. The van der Waals surface area contributed by atoms with Gasteiger partial charge in [0, 0.05) is 10.7 Å². The number of nitrogens with one attached hydrogen (secondary N) is 1. The van der Waals surface area contributed by atoms with Gasteiger partial charge in [0.25, 0.3) is 10.0 Å². The largest absolute Gasteiger partial charge is 0.266 e. The van der Waals surface area contributed by atoms with Crippen molar-refractivity contribution in [2.45, 2.75) is 11.8 Å². The van der Waals surface area contributed by atoms with E-state index in [4.69, 9.17) is 23.2 Å². The minimum atomic E-state index is -3.90. The Kier molecular flexibility index (Phi) is 4.59. The molecular weight excluding hydrogens is 387 g/mol. The summed E-state index contributed by atoms with van der Waals surface area (Å²) in [5, 5.41) is 0.0629. The molecule has 0 radical (unpaired) electrons. The van der Waals surface area contributed by atoms with E-state index in [1.54, 1.807) is 18.3 Å². The molecule has 1 heterocycles. The summed E-state index contributed by atoms with van der Waals surface area (Å²) in [5.74, 6) is 0.200. The molecule has 0 fully saturated rings. The van der Waals surface area contributed by atoms with Crippen molar-refractivity contribution in [3.05, 3.63) is 50.5 Å². The van der Waals surface area contributed by atoms with Gasteiger partial charge in [-0.1, -0.05) is 45.2 Å². The topological polar surface area (TPSA) is 59.1 Å². The highest BCUT2D eigenvalue weighted by molar-refractivity contribution is 9.10. The molecule has 0 aliphatic carbocycles. The van der Waals surface area contributed by atoms with Crippen molar-refractivity contribution in [3.8, 4) is 0 Å². The molecule has 0 spiro atoms. The van der Waals surface area contributed by atoms with Gasteiger partial charge in [-0.15, -0.1) is 0 Å². The maximum absolute atomic E-state index is 12.3. The summed E-state index contributed by atoms with van der Waals surface area (Å²) in [6.07, 6.45) is 1.56. The van der Waals surface area contributed by atoms with Crippen LogP contribution in [0.3, 0.4) is 0 Å². The zero-order chi connectivity index (χ0) is 14.9. The van der Waals surface area contributed by atoms with Crippen molar-refractivity contribution in [3.63, 3.8) is 0 Å². The van der Waals surface area contributed by atoms with Crippen LogP contribution in [0.15, 0.2) is 39.8 Å². The number of benzene rings is 1. The summed E-state index contributed by atoms with van der Waals surface area (Å²) in [7, 11) is -3.90. The molecule has 1 N–H and O–H groups in total. The molecule has 0 aliphatic rings. The highest BCUT2D eigenvalue weighted by Crippen LogP contribution is 2.33. The predicted molar refractivity (Wildman–Crippen MR) is 83.9 cm³/mol. The number of rotatable bonds is 3. The normalized spacial score (nSPS) is 11.4. The van der Waals surface area contributed by atoms with Crippen molar-refractivity contribution in [1.82, 2.24) is 4.98 Å². The first kappa shape index (κ1) is 15.6. The Labute approximate surface area is 135 Å². The molecule has 4 nitrogen and oxygen atoms in total. The van der Waals surface area contributed by atoms with Gasteiger partial charge < -0.3 is 0 Å². The Hall–Kier alpha value is -0.820. The van der Waals surface area contributed by atoms with Crippen LogP contribution in [0.4, 0.5) is 5.82 Å². The number of hydrogen-bond donors (Lipinski definition) is 1. The zero-order valence-electron chi connectivity index (χ0n) is 10.2. The van der Waals surface area contributed by atoms with Gasteiger partial charge in [0.05, 0.1) is 10.0 Å². The third-order valence-corrected chi connectivity index (χ3v) is 5.12. The van der Waals surface area contributed by atoms with Gasteiger partial charge in [-0.2, -0.15) is 0 Å². The van der Waals surface area contributed by atoms with E-state index in [2.05, 4.69) is 25.6 Å². The maximum atomic E-state index is 12.3. The number of sulfonamides is 1. The fourth-order valence-electron chi connectivity index (χ4n) is 1.50. The molecule has 0 unspecified atom stereocenters. The number of hydrogen-bond acceptors (Lipinski definition) is 3. The molecule has 0 aliphatic heterocycles. The second kappa shape index (κ2) is 5.89. The van der Waals surface area contributed by atoms with Crippen molar-refractivity contribution in [1.29, 1.82) is 0 Å². The number of nitrogens with zero attached hydrogens (tertiary/aromatic N) is 1. The average Bonchev–Trinajstić information content (AvgIpc) is 2.30. The van der Waals surface area contributed by atoms with Crippen molar-refractivity contribution in [2.75, 3.05) is 4.72 Å². The van der Waals surface area contributed by atoms with E-state index < -0.39 is 10.0 Å². The van der Waals surface area contributed by atoms with Gasteiger partial charge in [0.2, 0.25) is 0 Å². The third kappa shape index (κ3) is 3.44. The van der Waals surface area contributed by atoms with E-state index in [1.165, 1.54) is 12.1 Å². The first-order valence-electron chi connectivity index (χ1n) is 5.39. The fraction of sp³-hybridized carbons (Fsp3) is 0.0833. The summed E-state index contributed by atoms with van der Waals surface area (Å²) in [6.45, 7) is 1.85. The minimum absolute atomic E-state index is 0.0315. The van der Waals surface area contributed by atoms with Crippen LogP contribution in [0.1, 0.15) is 5.56 Å². The first-order chi connectivity index (χ1) is 9.29. The molecule has 1 aromatic heterocycles. The minimum Gasteiger partial charge on any atom is -0.263 e. The number of halogens is 3. The Morgan fingerprint density at radius 2 is 1.80 bits per heavy atom. The average molecular weight is 396 g/mol. The maximum Gasteiger partial charge on any atom is 0.266 e. The molecular formula is C12H9BrCl2N2O2S. The Bertz CT molecular complexity index is 726. The lowest BCUT2D eigenvalue weighted by Crippen LogP contribution is -2.15. The summed E-state index contributed by atoms with van der Waals surface area (Å²) in [6, 6.07) is 6.23. The van der Waals surface area contributed by atoms with Gasteiger partial charge in [-0.3, -0.25) is 4.72 Å². The monoisotopic (exact) mass is 394 g/mol. The molecule has 2 aromatic rings.